The van der Waals surface area contributed by atoms with Crippen molar-refractivity contribution in [1.82, 2.24) is 14.5 Å². The molecule has 16 heavy (non-hydrogen) atoms. The van der Waals surface area contributed by atoms with Crippen LogP contribution in [-0.4, -0.2) is 14.5 Å². The van der Waals surface area contributed by atoms with Gasteiger partial charge < -0.3 is 0 Å². The Kier molecular flexibility index (Phi) is 2.74. The smallest absolute Gasteiger partial charge is 0.294 e. The molecule has 2 heterocycles. The lowest BCUT2D eigenvalue weighted by atomic mass is 10.4. The van der Waals surface area contributed by atoms with E-state index >= 15 is 0 Å². The summed E-state index contributed by atoms with van der Waals surface area (Å²) in [4.78, 5) is 29.2. The highest BCUT2D eigenvalue weighted by molar-refractivity contribution is 7.09. The number of aryl methyl sites for hydroxylation is 2. The number of hydrogen-bond donors (Lipinski definition) is 1. The zero-order valence-corrected chi connectivity index (χ0v) is 9.80. The van der Waals surface area contributed by atoms with Gasteiger partial charge in [-0.3, -0.25) is 14.3 Å². The monoisotopic (exact) mass is 237 g/mol. The summed E-state index contributed by atoms with van der Waals surface area (Å²) < 4.78 is 1.45. The summed E-state index contributed by atoms with van der Waals surface area (Å²) in [5, 5.41) is 2.87. The zero-order chi connectivity index (χ0) is 11.7. The summed E-state index contributed by atoms with van der Waals surface area (Å²) in [5.41, 5.74) is 0.611. The van der Waals surface area contributed by atoms with Crippen molar-refractivity contribution in [1.29, 1.82) is 0 Å². The number of aromatic amines is 1. The second-order valence-corrected chi connectivity index (χ2v) is 4.62. The van der Waals surface area contributed by atoms with Gasteiger partial charge in [0.25, 0.3) is 5.56 Å². The molecule has 6 heteroatoms. The fraction of sp³-hybridized carbons (Fsp3) is 0.300. The Morgan fingerprint density at radius 1 is 1.44 bits per heavy atom. The molecule has 0 unspecified atom stereocenters. The average molecular weight is 237 g/mol. The minimum atomic E-state index is -0.402. The lowest BCUT2D eigenvalue weighted by Gasteiger charge is -2.02. The van der Waals surface area contributed by atoms with E-state index in [1.54, 1.807) is 13.1 Å². The van der Waals surface area contributed by atoms with E-state index in [0.717, 1.165) is 10.7 Å². The van der Waals surface area contributed by atoms with E-state index in [9.17, 15) is 9.59 Å². The van der Waals surface area contributed by atoms with Crippen LogP contribution in [0.25, 0.3) is 0 Å². The van der Waals surface area contributed by atoms with E-state index in [1.165, 1.54) is 15.9 Å². The number of nitrogens with zero attached hydrogens (tertiary/aromatic N) is 2. The average Bonchev–Trinajstić information content (AvgIpc) is 2.60. The first-order valence-electron chi connectivity index (χ1n) is 4.77. The Morgan fingerprint density at radius 3 is 2.81 bits per heavy atom. The summed E-state index contributed by atoms with van der Waals surface area (Å²) in [5.74, 6) is 0. The molecule has 2 aromatic rings. The van der Waals surface area contributed by atoms with Gasteiger partial charge in [0.05, 0.1) is 17.2 Å². The van der Waals surface area contributed by atoms with Crippen molar-refractivity contribution in [2.24, 2.45) is 0 Å². The molecule has 0 aliphatic carbocycles. The maximum Gasteiger partial charge on any atom is 0.328 e. The molecule has 0 spiro atoms. The Morgan fingerprint density at radius 2 is 2.19 bits per heavy atom. The van der Waals surface area contributed by atoms with Gasteiger partial charge >= 0.3 is 5.69 Å². The minimum absolute atomic E-state index is 0.337. The molecule has 84 valence electrons. The predicted molar refractivity (Wildman–Crippen MR) is 62.0 cm³/mol. The van der Waals surface area contributed by atoms with Gasteiger partial charge in [0, 0.05) is 17.1 Å². The van der Waals surface area contributed by atoms with Gasteiger partial charge in [-0.1, -0.05) is 0 Å². The molecule has 2 aromatic heterocycles. The second-order valence-electron chi connectivity index (χ2n) is 3.56. The lowest BCUT2D eigenvalue weighted by Crippen LogP contribution is -2.31. The molecule has 0 bridgehead atoms. The van der Waals surface area contributed by atoms with Crippen LogP contribution in [0.1, 0.15) is 16.3 Å². The number of hydrogen-bond acceptors (Lipinski definition) is 4. The molecule has 0 radical (unpaired) electrons. The third kappa shape index (κ3) is 2.11. The van der Waals surface area contributed by atoms with Crippen molar-refractivity contribution < 1.29 is 0 Å². The molecule has 0 saturated heterocycles. The van der Waals surface area contributed by atoms with Crippen LogP contribution in [0.3, 0.4) is 0 Å². The normalized spacial score (nSPS) is 10.6. The molecule has 2 rings (SSSR count). The van der Waals surface area contributed by atoms with Crippen LogP contribution in [0.5, 0.6) is 0 Å². The van der Waals surface area contributed by atoms with Crippen LogP contribution in [0.15, 0.2) is 21.2 Å². The fourth-order valence-electron chi connectivity index (χ4n) is 1.39. The van der Waals surface area contributed by atoms with Crippen molar-refractivity contribution in [3.63, 3.8) is 0 Å². The third-order valence-corrected chi connectivity index (χ3v) is 3.01. The van der Waals surface area contributed by atoms with Crippen LogP contribution in [0, 0.1) is 13.8 Å². The van der Waals surface area contributed by atoms with Crippen LogP contribution in [0.4, 0.5) is 0 Å². The third-order valence-electron chi connectivity index (χ3n) is 2.19. The maximum atomic E-state index is 11.5. The summed E-state index contributed by atoms with van der Waals surface area (Å²) in [7, 11) is 0. The topological polar surface area (TPSA) is 67.8 Å². The van der Waals surface area contributed by atoms with Crippen LogP contribution >= 0.6 is 11.3 Å². The summed E-state index contributed by atoms with van der Waals surface area (Å²) in [6.45, 7) is 3.97. The first kappa shape index (κ1) is 10.8. The highest BCUT2D eigenvalue weighted by Gasteiger charge is 2.03. The Labute approximate surface area is 95.4 Å². The van der Waals surface area contributed by atoms with Crippen molar-refractivity contribution in [3.05, 3.63) is 48.7 Å². The second kappa shape index (κ2) is 4.05. The largest absolute Gasteiger partial charge is 0.328 e. The number of thiazole rings is 1. The predicted octanol–water partition coefficient (Wildman–Crippen LogP) is 0.658. The van der Waals surface area contributed by atoms with Gasteiger partial charge in [-0.25, -0.2) is 9.78 Å². The van der Waals surface area contributed by atoms with Gasteiger partial charge in [0.1, 0.15) is 0 Å². The van der Waals surface area contributed by atoms with Crippen LogP contribution < -0.4 is 11.2 Å². The molecule has 0 fully saturated rings. The van der Waals surface area contributed by atoms with Crippen LogP contribution in [0.2, 0.25) is 0 Å². The molecule has 0 aliphatic heterocycles. The van der Waals surface area contributed by atoms with E-state index in [1.807, 2.05) is 12.3 Å². The highest BCUT2D eigenvalue weighted by Crippen LogP contribution is 2.08. The van der Waals surface area contributed by atoms with E-state index in [4.69, 9.17) is 0 Å². The lowest BCUT2D eigenvalue weighted by molar-refractivity contribution is 0.701. The molecule has 0 aliphatic rings. The number of H-pyrrole nitrogens is 1. The van der Waals surface area contributed by atoms with E-state index in [-0.39, 0.29) is 5.56 Å². The number of nitrogens with one attached hydrogen (secondary N) is 1. The Balaban J connectivity index is 2.39. The Bertz CT molecular complexity index is 623. The minimum Gasteiger partial charge on any atom is -0.294 e. The van der Waals surface area contributed by atoms with Gasteiger partial charge in [-0.2, -0.15) is 0 Å². The summed E-state index contributed by atoms with van der Waals surface area (Å²) in [6, 6.07) is 0. The van der Waals surface area contributed by atoms with E-state index < -0.39 is 5.69 Å². The number of aromatic nitrogens is 3. The quantitative estimate of drug-likeness (QED) is 0.834. The standard InChI is InChI=1S/C10H11N3O2S/c1-6-3-13(10(15)12-9(6)14)4-8-5-16-7(2)11-8/h3,5H,4H2,1-2H3,(H,12,14,15). The Hall–Kier alpha value is -1.69. The fourth-order valence-corrected chi connectivity index (χ4v) is 2.00. The molecule has 0 saturated carbocycles. The van der Waals surface area contributed by atoms with E-state index in [0.29, 0.717) is 12.1 Å². The van der Waals surface area contributed by atoms with Gasteiger partial charge in [-0.05, 0) is 13.8 Å². The summed E-state index contributed by atoms with van der Waals surface area (Å²) >= 11 is 1.54. The van der Waals surface area contributed by atoms with Crippen molar-refractivity contribution in [2.45, 2.75) is 20.4 Å². The van der Waals surface area contributed by atoms with Gasteiger partial charge in [0.2, 0.25) is 0 Å². The SMILES string of the molecule is Cc1nc(Cn2cc(C)c(=O)[nH]c2=O)cs1. The number of rotatable bonds is 2. The van der Waals surface area contributed by atoms with Crippen molar-refractivity contribution >= 4 is 11.3 Å². The first-order chi connectivity index (χ1) is 7.56. The molecular formula is C10H11N3O2S. The molecule has 0 amide bonds. The van der Waals surface area contributed by atoms with Gasteiger partial charge in [0.15, 0.2) is 0 Å². The maximum absolute atomic E-state index is 11.5. The van der Waals surface area contributed by atoms with E-state index in [2.05, 4.69) is 9.97 Å². The molecule has 0 aromatic carbocycles. The first-order valence-corrected chi connectivity index (χ1v) is 5.65. The van der Waals surface area contributed by atoms with Gasteiger partial charge in [-0.15, -0.1) is 11.3 Å². The van der Waals surface area contributed by atoms with Crippen molar-refractivity contribution in [3.8, 4) is 0 Å². The molecular weight excluding hydrogens is 226 g/mol. The molecule has 1 N–H and O–H groups in total. The van der Waals surface area contributed by atoms with Crippen LogP contribution in [-0.2, 0) is 6.54 Å². The summed E-state index contributed by atoms with van der Waals surface area (Å²) in [6.07, 6.45) is 1.55. The molecule has 5 nitrogen and oxygen atoms in total. The highest BCUT2D eigenvalue weighted by atomic mass is 32.1. The zero-order valence-electron chi connectivity index (χ0n) is 8.98. The molecule has 0 atom stereocenters. The van der Waals surface area contributed by atoms with Crippen molar-refractivity contribution in [2.75, 3.05) is 0 Å².